The molecule has 2 aromatic heterocycles. The number of amides is 1. The smallest absolute Gasteiger partial charge is 0.274 e. The van der Waals surface area contributed by atoms with E-state index in [9.17, 15) is 4.79 Å². The minimum absolute atomic E-state index is 0.0338. The largest absolute Gasteiger partial charge is 0.337 e. The number of rotatable bonds is 5. The molecule has 0 aromatic carbocycles. The zero-order valence-corrected chi connectivity index (χ0v) is 15.4. The first-order valence-electron chi connectivity index (χ1n) is 9.27. The molecule has 3 heterocycles. The van der Waals surface area contributed by atoms with Crippen LogP contribution in [0.5, 0.6) is 0 Å². The summed E-state index contributed by atoms with van der Waals surface area (Å²) in [4.78, 5) is 24.7. The Morgan fingerprint density at radius 3 is 2.54 bits per heavy atom. The maximum absolute atomic E-state index is 12.5. The quantitative estimate of drug-likeness (QED) is 0.808. The third-order valence-corrected chi connectivity index (χ3v) is 5.09. The second-order valence-electron chi connectivity index (χ2n) is 7.47. The number of nitrogens with zero attached hydrogens (tertiary/aromatic N) is 7. The molecule has 0 N–H and O–H groups in total. The van der Waals surface area contributed by atoms with Gasteiger partial charge in [0.15, 0.2) is 0 Å². The van der Waals surface area contributed by atoms with Crippen LogP contribution in [0.15, 0.2) is 18.6 Å². The summed E-state index contributed by atoms with van der Waals surface area (Å²) in [6, 6.07) is 0.564. The van der Waals surface area contributed by atoms with Crippen LogP contribution in [0.1, 0.15) is 59.8 Å². The average Bonchev–Trinajstić information content (AvgIpc) is 3.42. The topological polar surface area (TPSA) is 80.0 Å². The van der Waals surface area contributed by atoms with E-state index in [1.54, 1.807) is 12.4 Å². The summed E-state index contributed by atoms with van der Waals surface area (Å²) in [6.45, 7) is 2.26. The normalized spacial score (nSPS) is 18.5. The molecular formula is C18H25N7O. The summed E-state index contributed by atoms with van der Waals surface area (Å²) < 4.78 is 2.37. The van der Waals surface area contributed by atoms with Crippen LogP contribution in [0.25, 0.3) is 0 Å². The molecule has 0 unspecified atom stereocenters. The molecule has 0 atom stereocenters. The van der Waals surface area contributed by atoms with Crippen LogP contribution in [0.2, 0.25) is 0 Å². The lowest BCUT2D eigenvalue weighted by Crippen LogP contribution is -2.38. The van der Waals surface area contributed by atoms with Crippen LogP contribution >= 0.6 is 0 Å². The van der Waals surface area contributed by atoms with Crippen molar-refractivity contribution < 1.29 is 4.79 Å². The molecule has 2 aliphatic rings. The van der Waals surface area contributed by atoms with Crippen molar-refractivity contribution in [2.45, 2.75) is 44.2 Å². The van der Waals surface area contributed by atoms with Gasteiger partial charge in [0.2, 0.25) is 0 Å². The Bertz CT molecular complexity index is 761. The molecule has 1 saturated carbocycles. The second-order valence-corrected chi connectivity index (χ2v) is 7.47. The first kappa shape index (κ1) is 17.1. The van der Waals surface area contributed by atoms with Crippen LogP contribution in [0.4, 0.5) is 0 Å². The van der Waals surface area contributed by atoms with Crippen molar-refractivity contribution >= 4 is 5.91 Å². The molecule has 4 rings (SSSR count). The van der Waals surface area contributed by atoms with Crippen molar-refractivity contribution in [1.82, 2.24) is 34.5 Å². The van der Waals surface area contributed by atoms with Gasteiger partial charge in [0.1, 0.15) is 17.3 Å². The fourth-order valence-electron chi connectivity index (χ4n) is 3.65. The van der Waals surface area contributed by atoms with Crippen molar-refractivity contribution in [3.8, 4) is 0 Å². The Kier molecular flexibility index (Phi) is 4.67. The van der Waals surface area contributed by atoms with Gasteiger partial charge in [0.05, 0.1) is 12.7 Å². The van der Waals surface area contributed by atoms with Gasteiger partial charge in [0.25, 0.3) is 5.91 Å². The standard InChI is InChI=1S/C18H25N7O/c1-23(2)12-16-21-22-17(25(16)14-3-4-14)13-5-9-24(10-6-13)18(26)15-11-19-7-8-20-15/h7-8,11,13-14H,3-6,9-10,12H2,1-2H3. The predicted molar refractivity (Wildman–Crippen MR) is 95.6 cm³/mol. The molecule has 2 fully saturated rings. The third-order valence-electron chi connectivity index (χ3n) is 5.09. The van der Waals surface area contributed by atoms with Gasteiger partial charge < -0.3 is 14.4 Å². The van der Waals surface area contributed by atoms with E-state index >= 15 is 0 Å². The maximum atomic E-state index is 12.5. The zero-order valence-electron chi connectivity index (χ0n) is 15.4. The molecule has 138 valence electrons. The van der Waals surface area contributed by atoms with Crippen LogP contribution < -0.4 is 0 Å². The van der Waals surface area contributed by atoms with Gasteiger partial charge in [-0.15, -0.1) is 10.2 Å². The van der Waals surface area contributed by atoms with Gasteiger partial charge in [0, 0.05) is 37.4 Å². The minimum atomic E-state index is -0.0338. The van der Waals surface area contributed by atoms with Gasteiger partial charge in [-0.2, -0.15) is 0 Å². The van der Waals surface area contributed by atoms with Crippen LogP contribution in [0.3, 0.4) is 0 Å². The Labute approximate surface area is 153 Å². The van der Waals surface area contributed by atoms with E-state index in [-0.39, 0.29) is 5.91 Å². The SMILES string of the molecule is CN(C)Cc1nnc(C2CCN(C(=O)c3cnccn3)CC2)n1C1CC1. The van der Waals surface area contributed by atoms with E-state index in [0.29, 0.717) is 17.7 Å². The van der Waals surface area contributed by atoms with Crippen molar-refractivity contribution in [3.63, 3.8) is 0 Å². The van der Waals surface area contributed by atoms with Crippen molar-refractivity contribution in [1.29, 1.82) is 0 Å². The van der Waals surface area contributed by atoms with Gasteiger partial charge >= 0.3 is 0 Å². The number of aromatic nitrogens is 5. The molecule has 1 aliphatic heterocycles. The monoisotopic (exact) mass is 355 g/mol. The van der Waals surface area contributed by atoms with E-state index in [1.807, 2.05) is 4.90 Å². The Morgan fingerprint density at radius 1 is 1.15 bits per heavy atom. The maximum Gasteiger partial charge on any atom is 0.274 e. The van der Waals surface area contributed by atoms with Crippen LogP contribution in [-0.2, 0) is 6.54 Å². The summed E-state index contributed by atoms with van der Waals surface area (Å²) in [5, 5.41) is 9.01. The molecule has 1 saturated heterocycles. The van der Waals surface area contributed by atoms with Gasteiger partial charge in [-0.05, 0) is 39.8 Å². The van der Waals surface area contributed by atoms with Gasteiger partial charge in [-0.1, -0.05) is 0 Å². The molecule has 0 radical (unpaired) electrons. The summed E-state index contributed by atoms with van der Waals surface area (Å²) in [6.07, 6.45) is 8.94. The molecule has 1 amide bonds. The summed E-state index contributed by atoms with van der Waals surface area (Å²) in [7, 11) is 4.12. The van der Waals surface area contributed by atoms with E-state index in [1.165, 1.54) is 19.0 Å². The van der Waals surface area contributed by atoms with E-state index in [0.717, 1.165) is 44.1 Å². The van der Waals surface area contributed by atoms with Crippen molar-refractivity contribution in [2.24, 2.45) is 0 Å². The predicted octanol–water partition coefficient (Wildman–Crippen LogP) is 1.48. The highest BCUT2D eigenvalue weighted by molar-refractivity contribution is 5.92. The number of hydrogen-bond donors (Lipinski definition) is 0. The Balaban J connectivity index is 1.45. The molecule has 8 nitrogen and oxygen atoms in total. The second kappa shape index (κ2) is 7.11. The molecule has 26 heavy (non-hydrogen) atoms. The summed E-state index contributed by atoms with van der Waals surface area (Å²) in [5.41, 5.74) is 0.417. The number of likely N-dealkylation sites (tertiary alicyclic amines) is 1. The lowest BCUT2D eigenvalue weighted by atomic mass is 9.95. The molecule has 0 spiro atoms. The number of carbonyl (C=O) groups is 1. The lowest BCUT2D eigenvalue weighted by molar-refractivity contribution is 0.0703. The van der Waals surface area contributed by atoms with Crippen molar-refractivity contribution in [2.75, 3.05) is 27.2 Å². The van der Waals surface area contributed by atoms with Gasteiger partial charge in [-0.3, -0.25) is 9.78 Å². The fourth-order valence-corrected chi connectivity index (χ4v) is 3.65. The number of hydrogen-bond acceptors (Lipinski definition) is 6. The van der Waals surface area contributed by atoms with E-state index in [4.69, 9.17) is 0 Å². The molecule has 1 aliphatic carbocycles. The van der Waals surface area contributed by atoms with E-state index in [2.05, 4.69) is 43.7 Å². The molecule has 0 bridgehead atoms. The Morgan fingerprint density at radius 2 is 1.92 bits per heavy atom. The van der Waals surface area contributed by atoms with Crippen LogP contribution in [-0.4, -0.2) is 67.6 Å². The number of piperidine rings is 1. The molecule has 8 heteroatoms. The minimum Gasteiger partial charge on any atom is -0.337 e. The average molecular weight is 355 g/mol. The highest BCUT2D eigenvalue weighted by Crippen LogP contribution is 2.40. The van der Waals surface area contributed by atoms with Gasteiger partial charge in [-0.25, -0.2) is 4.98 Å². The molecule has 2 aromatic rings. The summed E-state index contributed by atoms with van der Waals surface area (Å²) in [5.74, 6) is 2.50. The van der Waals surface area contributed by atoms with Crippen LogP contribution in [0, 0.1) is 0 Å². The fraction of sp³-hybridized carbons (Fsp3) is 0.611. The highest BCUT2D eigenvalue weighted by Gasteiger charge is 2.34. The molecular weight excluding hydrogens is 330 g/mol. The first-order chi connectivity index (χ1) is 12.6. The van der Waals surface area contributed by atoms with Crippen molar-refractivity contribution in [3.05, 3.63) is 35.9 Å². The first-order valence-corrected chi connectivity index (χ1v) is 9.27. The Hall–Kier alpha value is -2.35. The highest BCUT2D eigenvalue weighted by atomic mass is 16.2. The zero-order chi connectivity index (χ0) is 18.1. The third kappa shape index (κ3) is 3.46. The summed E-state index contributed by atoms with van der Waals surface area (Å²) >= 11 is 0. The lowest BCUT2D eigenvalue weighted by Gasteiger charge is -2.31. The number of carbonyl (C=O) groups excluding carboxylic acids is 1. The van der Waals surface area contributed by atoms with E-state index < -0.39 is 0 Å².